The van der Waals surface area contributed by atoms with Crippen LogP contribution in [0.3, 0.4) is 0 Å². The van der Waals surface area contributed by atoms with Crippen molar-refractivity contribution in [3.05, 3.63) is 226 Å². The number of amides is 3. The number of aliphatic hydroxyl groups excluding tert-OH is 2. The van der Waals surface area contributed by atoms with Gasteiger partial charge in [0.2, 0.25) is 0 Å². The van der Waals surface area contributed by atoms with Gasteiger partial charge in [-0.2, -0.15) is 0 Å². The van der Waals surface area contributed by atoms with Crippen LogP contribution in [0.5, 0.6) is 0 Å². The van der Waals surface area contributed by atoms with E-state index in [4.69, 9.17) is 33.2 Å². The molecule has 1 saturated carbocycles. The molecule has 11 atom stereocenters. The van der Waals surface area contributed by atoms with Crippen molar-refractivity contribution in [2.24, 2.45) is 5.11 Å². The second-order valence-electron chi connectivity index (χ2n) is 18.5. The van der Waals surface area contributed by atoms with Crippen LogP contribution in [-0.2, 0) is 72.7 Å². The average Bonchev–Trinajstić information content (AvgIpc) is 3.46. The number of hydrogen-bond acceptors (Lipinski definition) is 13. The Hall–Kier alpha value is -7.80. The predicted molar refractivity (Wildman–Crippen MR) is 278 cm³/mol. The molecule has 18 nitrogen and oxygen atoms in total. The van der Waals surface area contributed by atoms with E-state index in [9.17, 15) is 30.1 Å². The van der Waals surface area contributed by atoms with Crippen molar-refractivity contribution in [1.82, 2.24) is 15.5 Å². The van der Waals surface area contributed by atoms with Crippen molar-refractivity contribution in [1.29, 1.82) is 0 Å². The van der Waals surface area contributed by atoms with Crippen LogP contribution in [0.4, 0.5) is 14.4 Å². The molecule has 6 aromatic carbocycles. The molecule has 396 valence electrons. The van der Waals surface area contributed by atoms with E-state index in [-0.39, 0.29) is 46.0 Å². The molecular weight excluding hydrogens is 973 g/mol. The maximum Gasteiger partial charge on any atom is 0.410 e. The third-order valence-corrected chi connectivity index (χ3v) is 13.2. The second kappa shape index (κ2) is 27.7. The lowest BCUT2D eigenvalue weighted by Gasteiger charge is -2.50. The third kappa shape index (κ3) is 15.2. The van der Waals surface area contributed by atoms with Gasteiger partial charge in [0.25, 0.3) is 0 Å². The molecular formula is C58H62N6O12. The summed E-state index contributed by atoms with van der Waals surface area (Å²) < 4.78 is 44.0. The molecule has 1 unspecified atom stereocenters. The number of hydrogen-bond donors (Lipinski definition) is 4. The highest BCUT2D eigenvalue weighted by Gasteiger charge is 2.55. The standard InChI is InChI=1S/C58H62N6O12/c1-39(64(33-40-20-8-2-9-21-40)58(69)74-38-45-30-18-7-19-31-45)52-47(70-34-41-22-10-3-11-23-41)32-46(62-63-59)55(75-52)76-54-49(61-57(68)73-37-44-28-16-6-17-29-44)53(71-35-42-24-12-4-13-25-42)48(50(65)51(54)66)60-56(67)72-36-43-26-14-5-15-27-43/h2-31,39,46-55,65-66H,32-38H2,1H3,(H,60,67)(H,61,68)/t39-,46+,47-,48-,49-,50-,51+,52+,53+,54+,55?/m0/s1. The number of azide groups is 1. The Kier molecular flexibility index (Phi) is 19.8. The van der Waals surface area contributed by atoms with Gasteiger partial charge in [0.15, 0.2) is 6.29 Å². The monoisotopic (exact) mass is 1030 g/mol. The first kappa shape index (κ1) is 54.5. The van der Waals surface area contributed by atoms with E-state index >= 15 is 0 Å². The molecule has 1 heterocycles. The molecule has 18 heteroatoms. The maximum atomic E-state index is 14.4. The van der Waals surface area contributed by atoms with Gasteiger partial charge in [-0.3, -0.25) is 4.90 Å². The van der Waals surface area contributed by atoms with E-state index in [2.05, 4.69) is 20.7 Å². The summed E-state index contributed by atoms with van der Waals surface area (Å²) in [7, 11) is 0. The van der Waals surface area contributed by atoms with Crippen molar-refractivity contribution in [2.75, 3.05) is 0 Å². The maximum absolute atomic E-state index is 14.4. The van der Waals surface area contributed by atoms with Crippen molar-refractivity contribution >= 4 is 18.3 Å². The zero-order chi connectivity index (χ0) is 53.1. The summed E-state index contributed by atoms with van der Waals surface area (Å²) in [5.41, 5.74) is 14.6. The van der Waals surface area contributed by atoms with Crippen LogP contribution in [0, 0.1) is 0 Å². The summed E-state index contributed by atoms with van der Waals surface area (Å²) >= 11 is 0. The Morgan fingerprint density at radius 1 is 0.592 bits per heavy atom. The normalized spacial score (nSPS) is 23.4. The highest BCUT2D eigenvalue weighted by molar-refractivity contribution is 5.69. The average molecular weight is 1040 g/mol. The third-order valence-electron chi connectivity index (χ3n) is 13.2. The SMILES string of the molecule is C[C@@H]([C@H]1OC(O[C@H]2[C@H](O)[C@@H](O)[C@H](NC(=O)OCc3ccccc3)[C@@H](OCc3ccccc3)[C@@H]2NC(=O)OCc2ccccc2)[C@H](N=[N+]=[N-])C[C@@H]1OCc1ccccc1)N(Cc1ccccc1)C(=O)OCc1ccccc1. The van der Waals surface area contributed by atoms with Crippen LogP contribution in [-0.4, -0.2) is 100 Å². The molecule has 0 spiro atoms. The first-order valence-corrected chi connectivity index (χ1v) is 25.1. The number of nitrogens with zero attached hydrogens (tertiary/aromatic N) is 4. The molecule has 2 fully saturated rings. The number of nitrogens with one attached hydrogen (secondary N) is 2. The van der Waals surface area contributed by atoms with Gasteiger partial charge >= 0.3 is 18.3 Å². The number of benzene rings is 6. The van der Waals surface area contributed by atoms with E-state index in [1.165, 1.54) is 4.90 Å². The molecule has 4 N–H and O–H groups in total. The number of aliphatic hydroxyl groups is 2. The fraction of sp³-hybridized carbons (Fsp3) is 0.328. The Labute approximate surface area is 441 Å². The number of alkyl carbamates (subject to hydrolysis) is 2. The largest absolute Gasteiger partial charge is 0.445 e. The quantitative estimate of drug-likeness (QED) is 0.0229. The molecule has 1 saturated heterocycles. The second-order valence-corrected chi connectivity index (χ2v) is 18.5. The molecule has 76 heavy (non-hydrogen) atoms. The summed E-state index contributed by atoms with van der Waals surface area (Å²) in [5, 5.41) is 34.1. The zero-order valence-electron chi connectivity index (χ0n) is 41.9. The highest BCUT2D eigenvalue weighted by Crippen LogP contribution is 2.35. The van der Waals surface area contributed by atoms with Crippen molar-refractivity contribution in [2.45, 2.75) is 120 Å². The molecule has 3 amide bonds. The van der Waals surface area contributed by atoms with Crippen LogP contribution in [0.1, 0.15) is 46.7 Å². The van der Waals surface area contributed by atoms with Crippen molar-refractivity contribution < 1.29 is 57.8 Å². The van der Waals surface area contributed by atoms with Crippen LogP contribution in [0.15, 0.2) is 187 Å². The summed E-state index contributed by atoms with van der Waals surface area (Å²) in [6.45, 7) is 1.65. The van der Waals surface area contributed by atoms with E-state index in [0.717, 1.165) is 16.7 Å². The molecule has 6 aromatic rings. The fourth-order valence-corrected chi connectivity index (χ4v) is 9.26. The topological polar surface area (TPSA) is 232 Å². The molecule has 1 aliphatic heterocycles. The van der Waals surface area contributed by atoms with Gasteiger partial charge in [0, 0.05) is 11.5 Å². The van der Waals surface area contributed by atoms with Gasteiger partial charge in [-0.25, -0.2) is 14.4 Å². The van der Waals surface area contributed by atoms with E-state index in [1.54, 1.807) is 55.5 Å². The van der Waals surface area contributed by atoms with Crippen LogP contribution >= 0.6 is 0 Å². The first-order chi connectivity index (χ1) is 37.1. The van der Waals surface area contributed by atoms with E-state index in [1.807, 2.05) is 133 Å². The van der Waals surface area contributed by atoms with E-state index < -0.39 is 85.4 Å². The summed E-state index contributed by atoms with van der Waals surface area (Å²) in [5.74, 6) is 0. The van der Waals surface area contributed by atoms with Crippen LogP contribution < -0.4 is 10.6 Å². The zero-order valence-corrected chi connectivity index (χ0v) is 41.9. The minimum absolute atomic E-state index is 0.0112. The molecule has 2 aliphatic rings. The number of rotatable bonds is 21. The highest BCUT2D eigenvalue weighted by atomic mass is 16.7. The molecule has 0 aromatic heterocycles. The number of ether oxygens (including phenoxy) is 7. The molecule has 1 aliphatic carbocycles. The fourth-order valence-electron chi connectivity index (χ4n) is 9.26. The number of carbonyl (C=O) groups excluding carboxylic acids is 3. The molecule has 0 bridgehead atoms. The minimum atomic E-state index is -1.89. The van der Waals surface area contributed by atoms with Gasteiger partial charge in [0.05, 0.1) is 43.5 Å². The summed E-state index contributed by atoms with van der Waals surface area (Å²) in [6, 6.07) is 50.3. The van der Waals surface area contributed by atoms with Gasteiger partial charge in [0.1, 0.15) is 50.3 Å². The van der Waals surface area contributed by atoms with Gasteiger partial charge < -0.3 is 54.0 Å². The smallest absolute Gasteiger partial charge is 0.410 e. The Morgan fingerprint density at radius 2 is 1.01 bits per heavy atom. The van der Waals surface area contributed by atoms with Gasteiger partial charge in [-0.15, -0.1) is 0 Å². The van der Waals surface area contributed by atoms with E-state index in [0.29, 0.717) is 16.7 Å². The Balaban J connectivity index is 1.13. The lowest BCUT2D eigenvalue weighted by molar-refractivity contribution is -0.291. The van der Waals surface area contributed by atoms with Crippen molar-refractivity contribution in [3.8, 4) is 0 Å². The van der Waals surface area contributed by atoms with Gasteiger partial charge in [-0.05, 0) is 52.3 Å². The predicted octanol–water partition coefficient (Wildman–Crippen LogP) is 8.89. The summed E-state index contributed by atoms with van der Waals surface area (Å²) in [6.07, 6.45) is -12.7. The van der Waals surface area contributed by atoms with Gasteiger partial charge in [-0.1, -0.05) is 187 Å². The lowest BCUT2D eigenvalue weighted by atomic mass is 9.81. The van der Waals surface area contributed by atoms with Crippen LogP contribution in [0.25, 0.3) is 10.4 Å². The molecule has 0 radical (unpaired) electrons. The van der Waals surface area contributed by atoms with Crippen LogP contribution in [0.2, 0.25) is 0 Å². The molecule has 8 rings (SSSR count). The minimum Gasteiger partial charge on any atom is -0.445 e. The Morgan fingerprint density at radius 3 is 1.49 bits per heavy atom. The van der Waals surface area contributed by atoms with Crippen molar-refractivity contribution in [3.63, 3.8) is 0 Å². The Bertz CT molecular complexity index is 2770. The lowest BCUT2D eigenvalue weighted by Crippen LogP contribution is -2.73. The summed E-state index contributed by atoms with van der Waals surface area (Å²) in [4.78, 5) is 46.7. The number of carbonyl (C=O) groups is 3. The first-order valence-electron chi connectivity index (χ1n) is 25.1.